The summed E-state index contributed by atoms with van der Waals surface area (Å²) in [6.45, 7) is 6.33. The summed E-state index contributed by atoms with van der Waals surface area (Å²) in [5, 5.41) is 30.5. The Balaban J connectivity index is 5.98. The molecule has 0 saturated carbocycles. The number of ether oxygens (including phenoxy) is 1. The highest BCUT2D eigenvalue weighted by molar-refractivity contribution is 5.92. The van der Waals surface area contributed by atoms with Crippen LogP contribution in [0.5, 0.6) is 0 Å². The highest BCUT2D eigenvalue weighted by atomic mass is 16.5. The summed E-state index contributed by atoms with van der Waals surface area (Å²) in [5.74, 6) is -4.09. The Morgan fingerprint density at radius 1 is 0.588 bits per heavy atom. The molecule has 0 heterocycles. The van der Waals surface area contributed by atoms with Crippen molar-refractivity contribution in [1.82, 2.24) is 0 Å². The summed E-state index contributed by atoms with van der Waals surface area (Å²) >= 11 is 0. The molecule has 0 aromatic rings. The SMILES string of the molecule is CCCCCCCOC(CC(=O)O)(C(=O)O)C(CCCCCCC)(CCCCCCC)C(=O)O. The zero-order chi connectivity index (χ0) is 25.9. The first-order valence-corrected chi connectivity index (χ1v) is 13.6. The van der Waals surface area contributed by atoms with E-state index in [2.05, 4.69) is 20.8 Å². The Hall–Kier alpha value is -1.63. The van der Waals surface area contributed by atoms with Gasteiger partial charge in [0, 0.05) is 6.61 Å². The van der Waals surface area contributed by atoms with E-state index in [-0.39, 0.29) is 19.4 Å². The number of aliphatic carboxylic acids is 3. The van der Waals surface area contributed by atoms with E-state index in [0.717, 1.165) is 77.0 Å². The molecule has 0 aliphatic carbocycles. The van der Waals surface area contributed by atoms with Crippen molar-refractivity contribution in [3.8, 4) is 0 Å². The maximum Gasteiger partial charge on any atom is 0.337 e. The lowest BCUT2D eigenvalue weighted by Gasteiger charge is -2.44. The van der Waals surface area contributed by atoms with Crippen LogP contribution in [0.25, 0.3) is 0 Å². The van der Waals surface area contributed by atoms with Gasteiger partial charge in [0.2, 0.25) is 0 Å². The Morgan fingerprint density at radius 3 is 1.35 bits per heavy atom. The van der Waals surface area contributed by atoms with Crippen molar-refractivity contribution >= 4 is 17.9 Å². The zero-order valence-corrected chi connectivity index (χ0v) is 21.9. The fraction of sp³-hybridized carbons (Fsp3) is 0.889. The summed E-state index contributed by atoms with van der Waals surface area (Å²) in [5.41, 5.74) is -4.07. The van der Waals surface area contributed by atoms with Gasteiger partial charge in [-0.2, -0.15) is 0 Å². The summed E-state index contributed by atoms with van der Waals surface area (Å²) < 4.78 is 5.90. The molecule has 0 radical (unpaired) electrons. The molecule has 7 heteroatoms. The average Bonchev–Trinajstić information content (AvgIpc) is 2.78. The standard InChI is InChI=1S/C27H50O7/c1-4-7-10-13-16-19-26(24(30)31,20-17-14-11-8-5-2)27(25(32)33,22-23(28)29)34-21-18-15-12-9-6-3/h4-22H2,1-3H3,(H,28,29)(H,30,31)(H,32,33). The average molecular weight is 487 g/mol. The molecule has 0 aromatic carbocycles. The molecule has 0 aliphatic rings. The molecule has 0 aromatic heterocycles. The number of carbonyl (C=O) groups is 3. The molecule has 1 atom stereocenters. The first kappa shape index (κ1) is 32.4. The third-order valence-corrected chi connectivity index (χ3v) is 6.94. The smallest absolute Gasteiger partial charge is 0.337 e. The van der Waals surface area contributed by atoms with Crippen molar-refractivity contribution in [2.24, 2.45) is 5.41 Å². The van der Waals surface area contributed by atoms with Gasteiger partial charge >= 0.3 is 17.9 Å². The van der Waals surface area contributed by atoms with Crippen LogP contribution in [0, 0.1) is 5.41 Å². The van der Waals surface area contributed by atoms with Crippen molar-refractivity contribution in [2.75, 3.05) is 6.61 Å². The maximum atomic E-state index is 12.8. The summed E-state index contributed by atoms with van der Waals surface area (Å²) in [7, 11) is 0. The highest BCUT2D eigenvalue weighted by Gasteiger charge is 2.63. The number of rotatable bonds is 24. The Labute approximate surface area is 206 Å². The fourth-order valence-electron chi connectivity index (χ4n) is 4.84. The van der Waals surface area contributed by atoms with Gasteiger partial charge in [-0.1, -0.05) is 111 Å². The molecule has 0 aliphatic heterocycles. The predicted octanol–water partition coefficient (Wildman–Crippen LogP) is 7.06. The number of carboxylic acids is 3. The van der Waals surface area contributed by atoms with Crippen molar-refractivity contribution < 1.29 is 34.4 Å². The van der Waals surface area contributed by atoms with Crippen LogP contribution in [0.2, 0.25) is 0 Å². The minimum absolute atomic E-state index is 0.0456. The summed E-state index contributed by atoms with van der Waals surface area (Å²) in [6.07, 6.45) is 12.6. The van der Waals surface area contributed by atoms with Gasteiger partial charge in [-0.05, 0) is 19.3 Å². The van der Waals surface area contributed by atoms with E-state index in [9.17, 15) is 29.7 Å². The number of hydrogen-bond donors (Lipinski definition) is 3. The molecule has 3 N–H and O–H groups in total. The second kappa shape index (κ2) is 18.7. The molecule has 0 spiro atoms. The molecule has 200 valence electrons. The molecule has 34 heavy (non-hydrogen) atoms. The minimum atomic E-state index is -2.29. The van der Waals surface area contributed by atoms with Gasteiger partial charge in [0.1, 0.15) is 5.41 Å². The van der Waals surface area contributed by atoms with Gasteiger partial charge in [0.25, 0.3) is 0 Å². The molecular weight excluding hydrogens is 436 g/mol. The zero-order valence-electron chi connectivity index (χ0n) is 21.9. The van der Waals surface area contributed by atoms with E-state index in [0.29, 0.717) is 19.3 Å². The first-order valence-electron chi connectivity index (χ1n) is 13.6. The van der Waals surface area contributed by atoms with Crippen LogP contribution in [0.1, 0.15) is 136 Å². The molecule has 0 fully saturated rings. The Bertz CT molecular complexity index is 561. The van der Waals surface area contributed by atoms with Crippen LogP contribution in [-0.4, -0.2) is 45.4 Å². The number of hydrogen-bond acceptors (Lipinski definition) is 4. The second-order valence-electron chi connectivity index (χ2n) is 9.68. The van der Waals surface area contributed by atoms with Gasteiger partial charge in [-0.25, -0.2) is 4.79 Å². The molecule has 0 amide bonds. The highest BCUT2D eigenvalue weighted by Crippen LogP contribution is 2.47. The van der Waals surface area contributed by atoms with E-state index in [1.807, 2.05) is 0 Å². The van der Waals surface area contributed by atoms with Gasteiger partial charge in [-0.3, -0.25) is 9.59 Å². The third kappa shape index (κ3) is 10.7. The van der Waals surface area contributed by atoms with E-state index in [4.69, 9.17) is 4.74 Å². The second-order valence-corrected chi connectivity index (χ2v) is 9.68. The quantitative estimate of drug-likeness (QED) is 0.125. The lowest BCUT2D eigenvalue weighted by atomic mass is 9.63. The number of unbranched alkanes of at least 4 members (excludes halogenated alkanes) is 12. The van der Waals surface area contributed by atoms with Crippen LogP contribution in [0.3, 0.4) is 0 Å². The van der Waals surface area contributed by atoms with Crippen molar-refractivity contribution in [3.63, 3.8) is 0 Å². The van der Waals surface area contributed by atoms with Gasteiger partial charge in [-0.15, -0.1) is 0 Å². The topological polar surface area (TPSA) is 121 Å². The van der Waals surface area contributed by atoms with Gasteiger partial charge in [0.15, 0.2) is 5.60 Å². The maximum absolute atomic E-state index is 12.8. The van der Waals surface area contributed by atoms with Crippen LogP contribution in [0.15, 0.2) is 0 Å². The van der Waals surface area contributed by atoms with Gasteiger partial charge < -0.3 is 20.1 Å². The van der Waals surface area contributed by atoms with Crippen molar-refractivity contribution in [1.29, 1.82) is 0 Å². The van der Waals surface area contributed by atoms with E-state index < -0.39 is 35.3 Å². The van der Waals surface area contributed by atoms with Crippen molar-refractivity contribution in [3.05, 3.63) is 0 Å². The number of carboxylic acid groups (broad SMARTS) is 3. The third-order valence-electron chi connectivity index (χ3n) is 6.94. The van der Waals surface area contributed by atoms with E-state index in [1.54, 1.807) is 0 Å². The normalized spacial score (nSPS) is 13.5. The molecule has 0 saturated heterocycles. The summed E-state index contributed by atoms with van der Waals surface area (Å²) in [6, 6.07) is 0. The first-order chi connectivity index (χ1) is 16.2. The minimum Gasteiger partial charge on any atom is -0.481 e. The molecular formula is C27H50O7. The van der Waals surface area contributed by atoms with Crippen molar-refractivity contribution in [2.45, 2.75) is 142 Å². The van der Waals surface area contributed by atoms with Crippen LogP contribution in [0.4, 0.5) is 0 Å². The van der Waals surface area contributed by atoms with Crippen LogP contribution < -0.4 is 0 Å². The lowest BCUT2D eigenvalue weighted by Crippen LogP contribution is -2.61. The van der Waals surface area contributed by atoms with E-state index in [1.165, 1.54) is 0 Å². The molecule has 0 rings (SSSR count). The Morgan fingerprint density at radius 2 is 1.00 bits per heavy atom. The van der Waals surface area contributed by atoms with E-state index >= 15 is 0 Å². The fourth-order valence-corrected chi connectivity index (χ4v) is 4.84. The van der Waals surface area contributed by atoms with Crippen LogP contribution >= 0.6 is 0 Å². The molecule has 1 unspecified atom stereocenters. The monoisotopic (exact) mass is 486 g/mol. The lowest BCUT2D eigenvalue weighted by molar-refractivity contribution is -0.208. The van der Waals surface area contributed by atoms with Crippen LogP contribution in [-0.2, 0) is 19.1 Å². The summed E-state index contributed by atoms with van der Waals surface area (Å²) in [4.78, 5) is 37.4. The molecule has 7 nitrogen and oxygen atoms in total. The van der Waals surface area contributed by atoms with Gasteiger partial charge in [0.05, 0.1) is 6.42 Å². The predicted molar refractivity (Wildman–Crippen MR) is 134 cm³/mol. The Kier molecular flexibility index (Phi) is 17.8. The largest absolute Gasteiger partial charge is 0.481 e. The molecule has 0 bridgehead atoms.